The number of piperidine rings is 1. The summed E-state index contributed by atoms with van der Waals surface area (Å²) in [4.78, 5) is 15.7. The fraction of sp³-hybridized carbons (Fsp3) is 0.667. The summed E-state index contributed by atoms with van der Waals surface area (Å²) in [6.07, 6.45) is 7.17. The minimum Gasteiger partial charge on any atom is -0.338 e. The average Bonchev–Trinajstić information content (AvgIpc) is 2.82. The lowest BCUT2D eigenvalue weighted by Crippen LogP contribution is -2.38. The van der Waals surface area contributed by atoms with E-state index in [4.69, 9.17) is 0 Å². The van der Waals surface area contributed by atoms with Crippen LogP contribution in [0.5, 0.6) is 0 Å². The molecule has 0 N–H and O–H groups in total. The molecule has 1 saturated heterocycles. The van der Waals surface area contributed by atoms with E-state index in [1.807, 2.05) is 0 Å². The van der Waals surface area contributed by atoms with E-state index in [1.165, 1.54) is 43.2 Å². The number of nitrogens with zero attached hydrogens (tertiary/aromatic N) is 1. The summed E-state index contributed by atoms with van der Waals surface area (Å²) in [6.45, 7) is 4.19. The zero-order valence-electron chi connectivity index (χ0n) is 11.1. The molecule has 0 aromatic carbocycles. The van der Waals surface area contributed by atoms with E-state index < -0.39 is 0 Å². The molecule has 1 fully saturated rings. The van der Waals surface area contributed by atoms with Crippen LogP contribution in [0.25, 0.3) is 0 Å². The molecule has 2 heterocycles. The van der Waals surface area contributed by atoms with Crippen molar-refractivity contribution >= 4 is 17.2 Å². The molecule has 3 rings (SSSR count). The second-order valence-corrected chi connectivity index (χ2v) is 6.63. The molecule has 0 unspecified atom stereocenters. The average molecular weight is 263 g/mol. The minimum atomic E-state index is 0.301. The summed E-state index contributed by atoms with van der Waals surface area (Å²) in [5, 5.41) is 2.22. The Morgan fingerprint density at radius 3 is 2.78 bits per heavy atom. The fourth-order valence-electron chi connectivity index (χ4n) is 3.05. The Hall–Kier alpha value is -0.830. The van der Waals surface area contributed by atoms with Gasteiger partial charge in [-0.2, -0.15) is 0 Å². The van der Waals surface area contributed by atoms with E-state index in [0.717, 1.165) is 30.3 Å². The summed E-state index contributed by atoms with van der Waals surface area (Å²) in [5.74, 6) is 1.08. The van der Waals surface area contributed by atoms with Crippen molar-refractivity contribution in [3.8, 4) is 0 Å². The van der Waals surface area contributed by atoms with Crippen LogP contribution in [0.2, 0.25) is 0 Å². The number of amides is 1. The van der Waals surface area contributed by atoms with E-state index in [0.29, 0.717) is 5.91 Å². The highest BCUT2D eigenvalue weighted by Crippen LogP contribution is 2.31. The first-order chi connectivity index (χ1) is 8.75. The largest absolute Gasteiger partial charge is 0.338 e. The fourth-order valence-corrected chi connectivity index (χ4v) is 4.18. The Balaban J connectivity index is 1.78. The van der Waals surface area contributed by atoms with E-state index >= 15 is 0 Å². The molecule has 0 radical (unpaired) electrons. The SMILES string of the molecule is CC1CCN(C(=O)c2scc3c2CCCC3)CC1. The molecule has 0 spiro atoms. The summed E-state index contributed by atoms with van der Waals surface area (Å²) >= 11 is 1.68. The molecule has 3 heteroatoms. The van der Waals surface area contributed by atoms with Gasteiger partial charge >= 0.3 is 0 Å². The molecule has 0 saturated carbocycles. The molecule has 1 aromatic heterocycles. The maximum atomic E-state index is 12.6. The first-order valence-corrected chi connectivity index (χ1v) is 8.02. The van der Waals surface area contributed by atoms with Crippen LogP contribution < -0.4 is 0 Å². The lowest BCUT2D eigenvalue weighted by atomic mass is 9.93. The topological polar surface area (TPSA) is 20.3 Å². The monoisotopic (exact) mass is 263 g/mol. The lowest BCUT2D eigenvalue weighted by Gasteiger charge is -2.30. The normalized spacial score (nSPS) is 20.8. The van der Waals surface area contributed by atoms with Gasteiger partial charge in [-0.05, 0) is 60.9 Å². The van der Waals surface area contributed by atoms with E-state index in [9.17, 15) is 4.79 Å². The van der Waals surface area contributed by atoms with Crippen molar-refractivity contribution in [1.82, 2.24) is 4.90 Å². The Bertz CT molecular complexity index is 443. The van der Waals surface area contributed by atoms with Gasteiger partial charge in [-0.25, -0.2) is 0 Å². The van der Waals surface area contributed by atoms with Gasteiger partial charge in [0.1, 0.15) is 0 Å². The molecule has 98 valence electrons. The molecule has 0 bridgehead atoms. The van der Waals surface area contributed by atoms with Gasteiger partial charge in [-0.1, -0.05) is 6.92 Å². The number of fused-ring (bicyclic) bond motifs is 1. The zero-order valence-corrected chi connectivity index (χ0v) is 11.9. The Kier molecular flexibility index (Phi) is 3.42. The smallest absolute Gasteiger partial charge is 0.264 e. The quantitative estimate of drug-likeness (QED) is 0.759. The van der Waals surface area contributed by atoms with Crippen molar-refractivity contribution in [3.05, 3.63) is 21.4 Å². The predicted molar refractivity (Wildman–Crippen MR) is 75.3 cm³/mol. The Morgan fingerprint density at radius 1 is 1.28 bits per heavy atom. The molecule has 1 aliphatic carbocycles. The molecule has 2 nitrogen and oxygen atoms in total. The van der Waals surface area contributed by atoms with Crippen LogP contribution in [0.3, 0.4) is 0 Å². The number of carbonyl (C=O) groups is 1. The maximum Gasteiger partial charge on any atom is 0.264 e. The third kappa shape index (κ3) is 2.20. The summed E-state index contributed by atoms with van der Waals surface area (Å²) in [7, 11) is 0. The van der Waals surface area contributed by atoms with E-state index in [2.05, 4.69) is 17.2 Å². The highest BCUT2D eigenvalue weighted by atomic mass is 32.1. The van der Waals surface area contributed by atoms with E-state index in [-0.39, 0.29) is 0 Å². The van der Waals surface area contributed by atoms with Crippen LogP contribution in [-0.4, -0.2) is 23.9 Å². The van der Waals surface area contributed by atoms with Crippen molar-refractivity contribution in [1.29, 1.82) is 0 Å². The number of thiophene rings is 1. The maximum absolute atomic E-state index is 12.6. The predicted octanol–water partition coefficient (Wildman–Crippen LogP) is 3.50. The third-order valence-electron chi connectivity index (χ3n) is 4.37. The van der Waals surface area contributed by atoms with Crippen LogP contribution >= 0.6 is 11.3 Å². The van der Waals surface area contributed by atoms with E-state index in [1.54, 1.807) is 11.3 Å². The summed E-state index contributed by atoms with van der Waals surface area (Å²) in [6, 6.07) is 0. The van der Waals surface area contributed by atoms with Crippen molar-refractivity contribution in [3.63, 3.8) is 0 Å². The molecule has 1 aliphatic heterocycles. The molecule has 1 amide bonds. The van der Waals surface area contributed by atoms with Gasteiger partial charge in [-0.15, -0.1) is 11.3 Å². The number of hydrogen-bond acceptors (Lipinski definition) is 2. The van der Waals surface area contributed by atoms with Gasteiger partial charge in [0.15, 0.2) is 0 Å². The number of rotatable bonds is 1. The highest BCUT2D eigenvalue weighted by Gasteiger charge is 2.26. The number of hydrogen-bond donors (Lipinski definition) is 0. The second-order valence-electron chi connectivity index (χ2n) is 5.75. The first kappa shape index (κ1) is 12.2. The number of aryl methyl sites for hydroxylation is 1. The minimum absolute atomic E-state index is 0.301. The third-order valence-corrected chi connectivity index (χ3v) is 5.43. The molecule has 2 aliphatic rings. The van der Waals surface area contributed by atoms with Crippen molar-refractivity contribution in [2.24, 2.45) is 5.92 Å². The summed E-state index contributed by atoms with van der Waals surface area (Å²) in [5.41, 5.74) is 2.81. The number of carbonyl (C=O) groups excluding carboxylic acids is 1. The molecular weight excluding hydrogens is 242 g/mol. The molecule has 18 heavy (non-hydrogen) atoms. The van der Waals surface area contributed by atoms with Crippen molar-refractivity contribution < 1.29 is 4.79 Å². The van der Waals surface area contributed by atoms with Gasteiger partial charge in [0.2, 0.25) is 0 Å². The molecular formula is C15H21NOS. The standard InChI is InChI=1S/C15H21NOS/c1-11-6-8-16(9-7-11)15(17)14-13-5-3-2-4-12(13)10-18-14/h10-11H,2-9H2,1H3. The number of likely N-dealkylation sites (tertiary alicyclic amines) is 1. The van der Waals surface area contributed by atoms with Crippen LogP contribution in [-0.2, 0) is 12.8 Å². The van der Waals surface area contributed by atoms with Gasteiger partial charge < -0.3 is 4.90 Å². The Labute approximate surface area is 113 Å². The van der Waals surface area contributed by atoms with Gasteiger partial charge in [-0.3, -0.25) is 4.79 Å². The highest BCUT2D eigenvalue weighted by molar-refractivity contribution is 7.12. The van der Waals surface area contributed by atoms with Crippen LogP contribution in [0.4, 0.5) is 0 Å². The van der Waals surface area contributed by atoms with Gasteiger partial charge in [0.05, 0.1) is 4.88 Å². The molecule has 1 aromatic rings. The lowest BCUT2D eigenvalue weighted by molar-refractivity contribution is 0.0701. The van der Waals surface area contributed by atoms with Gasteiger partial charge in [0.25, 0.3) is 5.91 Å². The van der Waals surface area contributed by atoms with Crippen molar-refractivity contribution in [2.45, 2.75) is 45.4 Å². The van der Waals surface area contributed by atoms with Crippen LogP contribution in [0.15, 0.2) is 5.38 Å². The van der Waals surface area contributed by atoms with Gasteiger partial charge in [0, 0.05) is 13.1 Å². The summed E-state index contributed by atoms with van der Waals surface area (Å²) < 4.78 is 0. The van der Waals surface area contributed by atoms with Crippen LogP contribution in [0.1, 0.15) is 53.4 Å². The molecule has 0 atom stereocenters. The zero-order chi connectivity index (χ0) is 12.5. The second kappa shape index (κ2) is 5.04. The van der Waals surface area contributed by atoms with Crippen LogP contribution in [0, 0.1) is 5.92 Å². The first-order valence-electron chi connectivity index (χ1n) is 7.14. The van der Waals surface area contributed by atoms with Crippen molar-refractivity contribution in [2.75, 3.05) is 13.1 Å². The Morgan fingerprint density at radius 2 is 2.00 bits per heavy atom.